The van der Waals surface area contributed by atoms with Crippen molar-refractivity contribution in [2.45, 2.75) is 44.6 Å². The minimum absolute atomic E-state index is 0.0356. The molecule has 6 N–H and O–H groups in total. The monoisotopic (exact) mass is 573 g/mol. The summed E-state index contributed by atoms with van der Waals surface area (Å²) in [5, 5.41) is 44.8. The first kappa shape index (κ1) is 24.7. The first-order valence-electron chi connectivity index (χ1n) is 11.5. The van der Waals surface area contributed by atoms with Crippen LogP contribution in [0.25, 0.3) is 16.2 Å². The Hall–Kier alpha value is -2.95. The SMILES string of the molecule is CC(C)c1cc(-c2ccc(Br)s2)c(O)c2c1C[C@H]1C[C@H]3CC(=O)C(C(N)=O)=C(O)[C@@]3(O)C(=O)C1=C2O. The van der Waals surface area contributed by atoms with Crippen LogP contribution in [0.2, 0.25) is 0 Å². The molecule has 1 heterocycles. The molecular formula is C26H24BrNO7S. The molecule has 1 aromatic carbocycles. The number of ketones is 2. The van der Waals surface area contributed by atoms with E-state index >= 15 is 0 Å². The second-order valence-electron chi connectivity index (χ2n) is 9.88. The number of nitrogens with two attached hydrogens (primary N) is 1. The molecule has 188 valence electrons. The van der Waals surface area contributed by atoms with Crippen LogP contribution in [0.4, 0.5) is 0 Å². The molecule has 1 saturated carbocycles. The number of hydrogen-bond donors (Lipinski definition) is 5. The number of benzene rings is 1. The predicted molar refractivity (Wildman–Crippen MR) is 136 cm³/mol. The van der Waals surface area contributed by atoms with Crippen molar-refractivity contribution in [2.75, 3.05) is 0 Å². The molecule has 5 rings (SSSR count). The number of carbonyl (C=O) groups excluding carboxylic acids is 3. The Morgan fingerprint density at radius 1 is 1.19 bits per heavy atom. The molecule has 1 fully saturated rings. The summed E-state index contributed by atoms with van der Waals surface area (Å²) in [6, 6.07) is 5.58. The lowest BCUT2D eigenvalue weighted by atomic mass is 9.59. The van der Waals surface area contributed by atoms with Gasteiger partial charge in [0, 0.05) is 28.4 Å². The molecule has 2 aromatic rings. The molecular weight excluding hydrogens is 550 g/mol. The fourth-order valence-corrected chi connectivity index (χ4v) is 7.28. The lowest BCUT2D eigenvalue weighted by molar-refractivity contribution is -0.147. The third-order valence-corrected chi connectivity index (χ3v) is 9.22. The lowest BCUT2D eigenvalue weighted by Gasteiger charge is -2.46. The van der Waals surface area contributed by atoms with Crippen LogP contribution < -0.4 is 5.73 Å². The number of aromatic hydroxyl groups is 1. The van der Waals surface area contributed by atoms with Crippen LogP contribution in [0.15, 0.2) is 38.9 Å². The van der Waals surface area contributed by atoms with Gasteiger partial charge in [0.15, 0.2) is 11.4 Å². The van der Waals surface area contributed by atoms with Gasteiger partial charge >= 0.3 is 0 Å². The van der Waals surface area contributed by atoms with Crippen molar-refractivity contribution < 1.29 is 34.8 Å². The summed E-state index contributed by atoms with van der Waals surface area (Å²) in [4.78, 5) is 38.7. The summed E-state index contributed by atoms with van der Waals surface area (Å²) in [6.45, 7) is 3.99. The van der Waals surface area contributed by atoms with Gasteiger partial charge in [-0.25, -0.2) is 0 Å². The molecule has 10 heteroatoms. The van der Waals surface area contributed by atoms with E-state index in [9.17, 15) is 34.8 Å². The Morgan fingerprint density at radius 3 is 2.47 bits per heavy atom. The fourth-order valence-electron chi connectivity index (χ4n) is 5.88. The van der Waals surface area contributed by atoms with Gasteiger partial charge < -0.3 is 26.2 Å². The van der Waals surface area contributed by atoms with Crippen molar-refractivity contribution in [2.24, 2.45) is 17.6 Å². The third-order valence-electron chi connectivity index (χ3n) is 7.56. The Morgan fingerprint density at radius 2 is 1.89 bits per heavy atom. The molecule has 0 unspecified atom stereocenters. The minimum atomic E-state index is -2.57. The highest BCUT2D eigenvalue weighted by molar-refractivity contribution is 9.11. The van der Waals surface area contributed by atoms with Crippen molar-refractivity contribution in [1.29, 1.82) is 0 Å². The molecule has 1 aromatic heterocycles. The van der Waals surface area contributed by atoms with Gasteiger partial charge in [-0.3, -0.25) is 14.4 Å². The molecule has 0 saturated heterocycles. The van der Waals surface area contributed by atoms with Gasteiger partial charge in [0.1, 0.15) is 22.8 Å². The molecule has 3 aliphatic rings. The summed E-state index contributed by atoms with van der Waals surface area (Å²) in [5.74, 6) is -6.20. The highest BCUT2D eigenvalue weighted by Gasteiger charge is 2.60. The van der Waals surface area contributed by atoms with E-state index < -0.39 is 52.0 Å². The second-order valence-corrected chi connectivity index (χ2v) is 12.3. The fraction of sp³-hybridized carbons (Fsp3) is 0.346. The standard InChI is InChI=1S/C26H24BrNO7S/c1-9(2)12-8-14(16-3-4-17(27)36-16)21(30)19-13(12)6-10-5-11-7-15(29)20(25(28)34)24(33)26(11,35)23(32)18(10)22(19)31/h3-4,8-11,30-31,33,35H,5-7H2,1-2H3,(H2,28,34)/t10-,11+,26+/m1/s1. The smallest absolute Gasteiger partial charge is 0.255 e. The average molecular weight is 574 g/mol. The van der Waals surface area contributed by atoms with Gasteiger partial charge in [-0.05, 0) is 69.9 Å². The molecule has 36 heavy (non-hydrogen) atoms. The Kier molecular flexibility index (Phi) is 5.70. The van der Waals surface area contributed by atoms with E-state index in [1.54, 1.807) is 0 Å². The zero-order chi connectivity index (χ0) is 26.3. The molecule has 3 aliphatic carbocycles. The predicted octanol–water partition coefficient (Wildman–Crippen LogP) is 4.04. The Labute approximate surface area is 218 Å². The molecule has 0 radical (unpaired) electrons. The van der Waals surface area contributed by atoms with E-state index in [1.807, 2.05) is 32.0 Å². The average Bonchev–Trinajstić information content (AvgIpc) is 3.21. The van der Waals surface area contributed by atoms with E-state index in [1.165, 1.54) is 11.3 Å². The number of fused-ring (bicyclic) bond motifs is 3. The highest BCUT2D eigenvalue weighted by Crippen LogP contribution is 2.54. The van der Waals surface area contributed by atoms with Gasteiger partial charge in [0.2, 0.25) is 5.78 Å². The summed E-state index contributed by atoms with van der Waals surface area (Å²) in [7, 11) is 0. The second kappa shape index (κ2) is 8.29. The lowest BCUT2D eigenvalue weighted by Crippen LogP contribution is -2.58. The van der Waals surface area contributed by atoms with Crippen LogP contribution in [0.5, 0.6) is 5.75 Å². The number of rotatable bonds is 3. The van der Waals surface area contributed by atoms with Crippen molar-refractivity contribution in [3.63, 3.8) is 0 Å². The van der Waals surface area contributed by atoms with Gasteiger partial charge in [0.05, 0.1) is 9.35 Å². The normalized spacial score (nSPS) is 25.7. The molecule has 0 aliphatic heterocycles. The van der Waals surface area contributed by atoms with Gasteiger partial charge in [-0.2, -0.15) is 0 Å². The number of primary amides is 1. The van der Waals surface area contributed by atoms with Crippen LogP contribution in [-0.2, 0) is 20.8 Å². The first-order chi connectivity index (χ1) is 16.9. The quantitative estimate of drug-likeness (QED) is 0.346. The first-order valence-corrected chi connectivity index (χ1v) is 13.1. The number of amides is 1. The zero-order valence-electron chi connectivity index (χ0n) is 19.5. The van der Waals surface area contributed by atoms with E-state index in [-0.39, 0.29) is 35.6 Å². The van der Waals surface area contributed by atoms with E-state index in [0.29, 0.717) is 17.5 Å². The number of halogens is 1. The summed E-state index contributed by atoms with van der Waals surface area (Å²) >= 11 is 4.83. The van der Waals surface area contributed by atoms with Crippen molar-refractivity contribution in [1.82, 2.24) is 0 Å². The molecule has 3 atom stereocenters. The van der Waals surface area contributed by atoms with Gasteiger partial charge in [-0.1, -0.05) is 13.8 Å². The summed E-state index contributed by atoms with van der Waals surface area (Å²) < 4.78 is 0.860. The molecule has 8 nitrogen and oxygen atoms in total. The van der Waals surface area contributed by atoms with Crippen molar-refractivity contribution in [3.8, 4) is 16.2 Å². The maximum atomic E-state index is 13.7. The van der Waals surface area contributed by atoms with Crippen molar-refractivity contribution in [3.05, 3.63) is 55.6 Å². The van der Waals surface area contributed by atoms with Crippen LogP contribution in [0.1, 0.15) is 49.3 Å². The van der Waals surface area contributed by atoms with Crippen LogP contribution in [0, 0.1) is 11.8 Å². The maximum Gasteiger partial charge on any atom is 0.255 e. The summed E-state index contributed by atoms with van der Waals surface area (Å²) in [5.41, 5.74) is 3.96. The Balaban J connectivity index is 1.75. The van der Waals surface area contributed by atoms with Crippen molar-refractivity contribution >= 4 is 50.5 Å². The molecule has 1 amide bonds. The van der Waals surface area contributed by atoms with E-state index in [4.69, 9.17) is 5.73 Å². The summed E-state index contributed by atoms with van der Waals surface area (Å²) in [6.07, 6.45) is 0.0706. The number of thiophene rings is 1. The van der Waals surface area contributed by atoms with E-state index in [0.717, 1.165) is 14.2 Å². The zero-order valence-corrected chi connectivity index (χ0v) is 21.9. The van der Waals surface area contributed by atoms with Gasteiger partial charge in [-0.15, -0.1) is 11.3 Å². The van der Waals surface area contributed by atoms with Gasteiger partial charge in [0.25, 0.3) is 5.91 Å². The Bertz CT molecular complexity index is 1440. The number of phenols is 1. The topological polar surface area (TPSA) is 158 Å². The van der Waals surface area contributed by atoms with Crippen LogP contribution in [0.3, 0.4) is 0 Å². The number of phenolic OH excluding ortho intramolecular Hbond substituents is 1. The van der Waals surface area contributed by atoms with Crippen LogP contribution in [-0.4, -0.2) is 43.5 Å². The maximum absolute atomic E-state index is 13.7. The third kappa shape index (κ3) is 3.31. The minimum Gasteiger partial charge on any atom is -0.508 e. The van der Waals surface area contributed by atoms with E-state index in [2.05, 4.69) is 15.9 Å². The number of aliphatic hydroxyl groups is 3. The molecule has 0 spiro atoms. The number of Topliss-reactive ketones (excluding diaryl/α,β-unsaturated/α-hetero) is 2. The largest absolute Gasteiger partial charge is 0.508 e. The van der Waals surface area contributed by atoms with Crippen LogP contribution >= 0.6 is 27.3 Å². The molecule has 0 bridgehead atoms. The number of hydrogen-bond acceptors (Lipinski definition) is 8. The number of aliphatic hydroxyl groups excluding tert-OH is 2. The number of carbonyl (C=O) groups is 3. The highest BCUT2D eigenvalue weighted by atomic mass is 79.9.